The van der Waals surface area contributed by atoms with Gasteiger partial charge in [0.1, 0.15) is 0 Å². The van der Waals surface area contributed by atoms with E-state index in [4.69, 9.17) is 0 Å². The first-order valence-electron chi connectivity index (χ1n) is 7.26. The Morgan fingerprint density at radius 1 is 1.28 bits per heavy atom. The van der Waals surface area contributed by atoms with Crippen LogP contribution in [-0.2, 0) is 6.42 Å². The molecule has 1 saturated carbocycles. The Labute approximate surface area is 118 Å². The maximum absolute atomic E-state index is 3.82. The zero-order valence-electron chi connectivity index (χ0n) is 11.1. The fraction of sp³-hybridized carbons (Fsp3) is 0.625. The zero-order chi connectivity index (χ0) is 12.5. The lowest BCUT2D eigenvalue weighted by Crippen LogP contribution is -2.27. The molecule has 1 N–H and O–H groups in total. The van der Waals surface area contributed by atoms with Crippen molar-refractivity contribution in [3.8, 4) is 0 Å². The number of halogens is 1. The standard InChI is InChI=1S/C16H22BrN/c1-11-4-2-5-12(11)10-18-16-9-8-13-14(16)6-3-7-15(13)17/h3,6-7,11-12,16,18H,2,4-5,8-10H2,1H3. The second kappa shape index (κ2) is 5.34. The van der Waals surface area contributed by atoms with E-state index in [-0.39, 0.29) is 0 Å². The first-order chi connectivity index (χ1) is 8.75. The van der Waals surface area contributed by atoms with Crippen molar-refractivity contribution >= 4 is 15.9 Å². The first-order valence-corrected chi connectivity index (χ1v) is 8.05. The minimum Gasteiger partial charge on any atom is -0.310 e. The quantitative estimate of drug-likeness (QED) is 0.869. The molecule has 3 atom stereocenters. The Kier molecular flexibility index (Phi) is 3.76. The van der Waals surface area contributed by atoms with Crippen LogP contribution in [-0.4, -0.2) is 6.54 Å². The largest absolute Gasteiger partial charge is 0.310 e. The third kappa shape index (κ3) is 2.37. The SMILES string of the molecule is CC1CCCC1CNC1CCc2c(Br)cccc21. The molecule has 2 aliphatic rings. The van der Waals surface area contributed by atoms with Gasteiger partial charge in [-0.3, -0.25) is 0 Å². The summed E-state index contributed by atoms with van der Waals surface area (Å²) in [5, 5.41) is 3.82. The summed E-state index contributed by atoms with van der Waals surface area (Å²) in [4.78, 5) is 0. The van der Waals surface area contributed by atoms with E-state index in [0.29, 0.717) is 6.04 Å². The molecule has 1 nitrogen and oxygen atoms in total. The number of rotatable bonds is 3. The second-order valence-electron chi connectivity index (χ2n) is 5.98. The molecule has 18 heavy (non-hydrogen) atoms. The average Bonchev–Trinajstić information content (AvgIpc) is 2.94. The summed E-state index contributed by atoms with van der Waals surface area (Å²) < 4.78 is 1.29. The Hall–Kier alpha value is -0.340. The molecule has 0 radical (unpaired) electrons. The van der Waals surface area contributed by atoms with Gasteiger partial charge in [0, 0.05) is 10.5 Å². The predicted molar refractivity (Wildman–Crippen MR) is 79.7 cm³/mol. The molecule has 3 unspecified atom stereocenters. The van der Waals surface area contributed by atoms with Gasteiger partial charge in [-0.05, 0) is 54.8 Å². The Morgan fingerprint density at radius 2 is 2.17 bits per heavy atom. The van der Waals surface area contributed by atoms with Gasteiger partial charge in [0.25, 0.3) is 0 Å². The number of benzene rings is 1. The summed E-state index contributed by atoms with van der Waals surface area (Å²) >= 11 is 3.67. The molecule has 1 fully saturated rings. The third-order valence-electron chi connectivity index (χ3n) is 4.88. The minimum absolute atomic E-state index is 0.588. The van der Waals surface area contributed by atoms with Crippen molar-refractivity contribution in [1.82, 2.24) is 5.32 Å². The summed E-state index contributed by atoms with van der Waals surface area (Å²) in [5.41, 5.74) is 3.05. The van der Waals surface area contributed by atoms with Crippen LogP contribution in [0.2, 0.25) is 0 Å². The van der Waals surface area contributed by atoms with Crippen molar-refractivity contribution in [2.45, 2.75) is 45.1 Å². The molecule has 2 aliphatic carbocycles. The van der Waals surface area contributed by atoms with Crippen molar-refractivity contribution in [3.63, 3.8) is 0 Å². The van der Waals surface area contributed by atoms with E-state index in [0.717, 1.165) is 11.8 Å². The topological polar surface area (TPSA) is 12.0 Å². The lowest BCUT2D eigenvalue weighted by atomic mass is 9.97. The van der Waals surface area contributed by atoms with E-state index in [1.807, 2.05) is 0 Å². The highest BCUT2D eigenvalue weighted by Crippen LogP contribution is 2.36. The molecule has 3 rings (SSSR count). The average molecular weight is 308 g/mol. The molecular formula is C16H22BrN. The predicted octanol–water partition coefficient (Wildman–Crippen LogP) is 4.46. The maximum atomic E-state index is 3.82. The number of hydrogen-bond acceptors (Lipinski definition) is 1. The van der Waals surface area contributed by atoms with Gasteiger partial charge >= 0.3 is 0 Å². The van der Waals surface area contributed by atoms with Crippen LogP contribution >= 0.6 is 15.9 Å². The van der Waals surface area contributed by atoms with Gasteiger partial charge in [0.2, 0.25) is 0 Å². The number of hydrogen-bond donors (Lipinski definition) is 1. The number of fused-ring (bicyclic) bond motifs is 1. The van der Waals surface area contributed by atoms with Crippen LogP contribution < -0.4 is 5.32 Å². The van der Waals surface area contributed by atoms with Crippen molar-refractivity contribution < 1.29 is 0 Å². The van der Waals surface area contributed by atoms with E-state index >= 15 is 0 Å². The van der Waals surface area contributed by atoms with Crippen LogP contribution in [0.5, 0.6) is 0 Å². The summed E-state index contributed by atoms with van der Waals surface area (Å²) in [7, 11) is 0. The van der Waals surface area contributed by atoms with Gasteiger partial charge in [-0.1, -0.05) is 47.8 Å². The zero-order valence-corrected chi connectivity index (χ0v) is 12.7. The minimum atomic E-state index is 0.588. The highest BCUT2D eigenvalue weighted by atomic mass is 79.9. The highest BCUT2D eigenvalue weighted by Gasteiger charge is 2.27. The molecule has 0 saturated heterocycles. The smallest absolute Gasteiger partial charge is 0.0326 e. The van der Waals surface area contributed by atoms with Gasteiger partial charge in [0.05, 0.1) is 0 Å². The summed E-state index contributed by atoms with van der Waals surface area (Å²) in [6.45, 7) is 3.62. The van der Waals surface area contributed by atoms with E-state index in [9.17, 15) is 0 Å². The molecule has 0 spiro atoms. The monoisotopic (exact) mass is 307 g/mol. The summed E-state index contributed by atoms with van der Waals surface area (Å²) in [6.07, 6.45) is 6.76. The van der Waals surface area contributed by atoms with Gasteiger partial charge < -0.3 is 5.32 Å². The molecule has 0 heterocycles. The summed E-state index contributed by atoms with van der Waals surface area (Å²) in [5.74, 6) is 1.82. The third-order valence-corrected chi connectivity index (χ3v) is 5.62. The lowest BCUT2D eigenvalue weighted by molar-refractivity contribution is 0.367. The van der Waals surface area contributed by atoms with Crippen LogP contribution in [0.4, 0.5) is 0 Å². The van der Waals surface area contributed by atoms with E-state index in [2.05, 4.69) is 46.4 Å². The molecule has 2 heteroatoms. The van der Waals surface area contributed by atoms with Crippen LogP contribution in [0.15, 0.2) is 22.7 Å². The molecule has 0 aromatic heterocycles. The maximum Gasteiger partial charge on any atom is 0.0326 e. The van der Waals surface area contributed by atoms with E-state index in [1.165, 1.54) is 54.2 Å². The van der Waals surface area contributed by atoms with Crippen LogP contribution in [0.1, 0.15) is 49.8 Å². The Balaban J connectivity index is 1.64. The van der Waals surface area contributed by atoms with E-state index in [1.54, 1.807) is 0 Å². The molecule has 1 aromatic carbocycles. The number of nitrogens with one attached hydrogen (secondary N) is 1. The molecule has 1 aromatic rings. The highest BCUT2D eigenvalue weighted by molar-refractivity contribution is 9.10. The van der Waals surface area contributed by atoms with Crippen LogP contribution in [0.3, 0.4) is 0 Å². The Morgan fingerprint density at radius 3 is 2.94 bits per heavy atom. The van der Waals surface area contributed by atoms with Crippen molar-refractivity contribution in [2.24, 2.45) is 11.8 Å². The molecule has 0 amide bonds. The normalized spacial score (nSPS) is 30.7. The van der Waals surface area contributed by atoms with Gasteiger partial charge in [-0.15, -0.1) is 0 Å². The molecule has 0 bridgehead atoms. The molecular weight excluding hydrogens is 286 g/mol. The van der Waals surface area contributed by atoms with Gasteiger partial charge in [-0.2, -0.15) is 0 Å². The van der Waals surface area contributed by atoms with E-state index < -0.39 is 0 Å². The molecule has 98 valence electrons. The lowest BCUT2D eigenvalue weighted by Gasteiger charge is -2.20. The van der Waals surface area contributed by atoms with Crippen LogP contribution in [0, 0.1) is 11.8 Å². The van der Waals surface area contributed by atoms with Crippen LogP contribution in [0.25, 0.3) is 0 Å². The van der Waals surface area contributed by atoms with Gasteiger partial charge in [0.15, 0.2) is 0 Å². The Bertz CT molecular complexity index is 429. The van der Waals surface area contributed by atoms with Crippen molar-refractivity contribution in [3.05, 3.63) is 33.8 Å². The van der Waals surface area contributed by atoms with Crippen molar-refractivity contribution in [2.75, 3.05) is 6.54 Å². The summed E-state index contributed by atoms with van der Waals surface area (Å²) in [6, 6.07) is 7.22. The van der Waals surface area contributed by atoms with Crippen molar-refractivity contribution in [1.29, 1.82) is 0 Å². The fourth-order valence-electron chi connectivity index (χ4n) is 3.64. The van der Waals surface area contributed by atoms with Gasteiger partial charge in [-0.25, -0.2) is 0 Å². The fourth-order valence-corrected chi connectivity index (χ4v) is 4.22. The second-order valence-corrected chi connectivity index (χ2v) is 6.83. The molecule has 0 aliphatic heterocycles. The first kappa shape index (κ1) is 12.7.